The molecule has 1 amide bonds. The van der Waals surface area contributed by atoms with Crippen LogP contribution in [0.1, 0.15) is 56.1 Å². The van der Waals surface area contributed by atoms with Crippen LogP contribution in [-0.2, 0) is 18.3 Å². The molecule has 0 unspecified atom stereocenters. The molecule has 1 aromatic carbocycles. The molecule has 0 bridgehead atoms. The summed E-state index contributed by atoms with van der Waals surface area (Å²) in [6.07, 6.45) is 12.3. The number of aromatic nitrogens is 1. The minimum Gasteiger partial charge on any atom is -0.395 e. The van der Waals surface area contributed by atoms with Crippen molar-refractivity contribution < 1.29 is 9.90 Å². The summed E-state index contributed by atoms with van der Waals surface area (Å²) in [6, 6.07) is 6.24. The molecule has 25 heavy (non-hydrogen) atoms. The van der Waals surface area contributed by atoms with Gasteiger partial charge in [0.25, 0.3) is 0 Å². The van der Waals surface area contributed by atoms with Crippen LogP contribution < -0.4 is 5.32 Å². The van der Waals surface area contributed by atoms with Gasteiger partial charge in [-0.05, 0) is 30.5 Å². The van der Waals surface area contributed by atoms with Crippen LogP contribution >= 0.6 is 0 Å². The molecule has 3 rings (SSSR count). The summed E-state index contributed by atoms with van der Waals surface area (Å²) in [4.78, 5) is 11.6. The van der Waals surface area contributed by atoms with Crippen molar-refractivity contribution in [2.45, 2.75) is 58.3 Å². The van der Waals surface area contributed by atoms with E-state index in [4.69, 9.17) is 5.11 Å². The van der Waals surface area contributed by atoms with E-state index in [0.717, 1.165) is 6.42 Å². The smallest absolute Gasteiger partial charge is 0.220 e. The summed E-state index contributed by atoms with van der Waals surface area (Å²) in [6.45, 7) is 2.41. The molecular weight excluding hydrogens is 312 g/mol. The quantitative estimate of drug-likeness (QED) is 0.865. The highest BCUT2D eigenvalue weighted by atomic mass is 16.3. The Kier molecular flexibility index (Phi) is 7.99. The SMILES string of the molecule is C1CCCCC1.Cc1cccc2c1c(CCC(=O)NCCO)cn2C. The van der Waals surface area contributed by atoms with Crippen LogP contribution in [0, 0.1) is 6.92 Å². The Morgan fingerprint density at radius 2 is 1.80 bits per heavy atom. The number of hydrogen-bond donors (Lipinski definition) is 2. The van der Waals surface area contributed by atoms with Crippen LogP contribution in [0.5, 0.6) is 0 Å². The van der Waals surface area contributed by atoms with Crippen molar-refractivity contribution in [3.63, 3.8) is 0 Å². The lowest BCUT2D eigenvalue weighted by molar-refractivity contribution is -0.121. The normalized spacial score (nSPS) is 14.0. The van der Waals surface area contributed by atoms with Crippen molar-refractivity contribution in [3.8, 4) is 0 Å². The van der Waals surface area contributed by atoms with Crippen LogP contribution in [0.3, 0.4) is 0 Å². The maximum atomic E-state index is 11.6. The molecule has 4 heteroatoms. The van der Waals surface area contributed by atoms with Gasteiger partial charge in [-0.1, -0.05) is 50.7 Å². The molecule has 0 atom stereocenters. The van der Waals surface area contributed by atoms with E-state index < -0.39 is 0 Å². The third-order valence-electron chi connectivity index (χ3n) is 4.86. The molecule has 1 aliphatic carbocycles. The van der Waals surface area contributed by atoms with Gasteiger partial charge >= 0.3 is 0 Å². The number of carbonyl (C=O) groups is 1. The number of hydrogen-bond acceptors (Lipinski definition) is 2. The fourth-order valence-electron chi connectivity index (χ4n) is 3.51. The second kappa shape index (κ2) is 10.2. The number of aliphatic hydroxyl groups is 1. The van der Waals surface area contributed by atoms with E-state index in [1.54, 1.807) is 0 Å². The first-order chi connectivity index (χ1) is 12.1. The summed E-state index contributed by atoms with van der Waals surface area (Å²) in [5.74, 6) is -0.0142. The van der Waals surface area contributed by atoms with Gasteiger partial charge in [-0.2, -0.15) is 0 Å². The van der Waals surface area contributed by atoms with Gasteiger partial charge in [0.2, 0.25) is 5.91 Å². The average Bonchev–Trinajstić information content (AvgIpc) is 2.97. The fourth-order valence-corrected chi connectivity index (χ4v) is 3.51. The topological polar surface area (TPSA) is 54.3 Å². The molecule has 1 aliphatic rings. The van der Waals surface area contributed by atoms with Crippen molar-refractivity contribution in [3.05, 3.63) is 35.5 Å². The molecule has 1 heterocycles. The van der Waals surface area contributed by atoms with E-state index in [0.29, 0.717) is 13.0 Å². The van der Waals surface area contributed by atoms with E-state index in [-0.39, 0.29) is 12.5 Å². The van der Waals surface area contributed by atoms with E-state index in [1.807, 2.05) is 7.05 Å². The average molecular weight is 344 g/mol. The maximum absolute atomic E-state index is 11.6. The Bertz CT molecular complexity index is 660. The van der Waals surface area contributed by atoms with Crippen LogP contribution in [0.4, 0.5) is 0 Å². The second-order valence-corrected chi connectivity index (χ2v) is 6.93. The van der Waals surface area contributed by atoms with E-state index in [1.165, 1.54) is 60.6 Å². The van der Waals surface area contributed by atoms with Gasteiger partial charge in [-0.15, -0.1) is 0 Å². The standard InChI is InChI=1S/C15H20N2O2.C6H12/c1-11-4-3-5-13-15(11)12(10-17(13)2)6-7-14(19)16-8-9-18;1-2-4-6-5-3-1/h3-5,10,18H,6-9H2,1-2H3,(H,16,19);1-6H2. The Hall–Kier alpha value is -1.81. The molecule has 0 aliphatic heterocycles. The molecule has 0 radical (unpaired) electrons. The minimum atomic E-state index is -0.0148. The number of benzene rings is 1. The largest absolute Gasteiger partial charge is 0.395 e. The highest BCUT2D eigenvalue weighted by Crippen LogP contribution is 2.25. The van der Waals surface area contributed by atoms with Crippen molar-refractivity contribution >= 4 is 16.8 Å². The lowest BCUT2D eigenvalue weighted by Crippen LogP contribution is -2.26. The molecule has 1 aromatic heterocycles. The Morgan fingerprint density at radius 3 is 2.40 bits per heavy atom. The summed E-state index contributed by atoms with van der Waals surface area (Å²) in [7, 11) is 2.02. The summed E-state index contributed by atoms with van der Waals surface area (Å²) in [5.41, 5.74) is 3.64. The van der Waals surface area contributed by atoms with Crippen LogP contribution in [0.2, 0.25) is 0 Å². The van der Waals surface area contributed by atoms with Crippen molar-refractivity contribution in [2.75, 3.05) is 13.2 Å². The lowest BCUT2D eigenvalue weighted by atomic mass is 10.0. The molecule has 1 saturated carbocycles. The third-order valence-corrected chi connectivity index (χ3v) is 4.86. The third kappa shape index (κ3) is 5.89. The summed E-state index contributed by atoms with van der Waals surface area (Å²) < 4.78 is 2.10. The molecule has 138 valence electrons. The van der Waals surface area contributed by atoms with Crippen LogP contribution in [0.15, 0.2) is 24.4 Å². The zero-order chi connectivity index (χ0) is 18.1. The zero-order valence-electron chi connectivity index (χ0n) is 15.7. The van der Waals surface area contributed by atoms with E-state index in [9.17, 15) is 4.79 Å². The predicted octanol–water partition coefficient (Wildman–Crippen LogP) is 3.87. The first-order valence-corrected chi connectivity index (χ1v) is 9.54. The Labute approximate surface area is 151 Å². The van der Waals surface area contributed by atoms with Crippen molar-refractivity contribution in [1.82, 2.24) is 9.88 Å². The number of nitrogens with one attached hydrogen (secondary N) is 1. The van der Waals surface area contributed by atoms with Crippen molar-refractivity contribution in [1.29, 1.82) is 0 Å². The van der Waals surface area contributed by atoms with E-state index in [2.05, 4.69) is 41.2 Å². The first kappa shape index (κ1) is 19.5. The number of carbonyl (C=O) groups excluding carboxylic acids is 1. The molecular formula is C21H32N2O2. The number of fused-ring (bicyclic) bond motifs is 1. The number of aliphatic hydroxyl groups excluding tert-OH is 1. The molecule has 2 N–H and O–H groups in total. The van der Waals surface area contributed by atoms with Gasteiger partial charge in [0.1, 0.15) is 0 Å². The molecule has 0 spiro atoms. The highest BCUT2D eigenvalue weighted by molar-refractivity contribution is 5.87. The maximum Gasteiger partial charge on any atom is 0.220 e. The van der Waals surface area contributed by atoms with Gasteiger partial charge < -0.3 is 15.0 Å². The number of amides is 1. The zero-order valence-corrected chi connectivity index (χ0v) is 15.7. The molecule has 1 fully saturated rings. The Morgan fingerprint density at radius 1 is 1.16 bits per heavy atom. The van der Waals surface area contributed by atoms with Crippen LogP contribution in [0.25, 0.3) is 10.9 Å². The first-order valence-electron chi connectivity index (χ1n) is 9.54. The predicted molar refractivity (Wildman–Crippen MR) is 104 cm³/mol. The van der Waals surface area contributed by atoms with Gasteiger partial charge in [-0.3, -0.25) is 4.79 Å². The molecule has 0 saturated heterocycles. The van der Waals surface area contributed by atoms with E-state index >= 15 is 0 Å². The van der Waals surface area contributed by atoms with Gasteiger partial charge in [0, 0.05) is 37.1 Å². The molecule has 2 aromatic rings. The number of rotatable bonds is 5. The summed E-state index contributed by atoms with van der Waals surface area (Å²) in [5, 5.41) is 12.6. The fraction of sp³-hybridized carbons (Fsp3) is 0.571. The Balaban J connectivity index is 0.000000316. The molecule has 4 nitrogen and oxygen atoms in total. The lowest BCUT2D eigenvalue weighted by Gasteiger charge is -2.05. The van der Waals surface area contributed by atoms with Crippen LogP contribution in [-0.4, -0.2) is 28.7 Å². The van der Waals surface area contributed by atoms with Gasteiger partial charge in [0.15, 0.2) is 0 Å². The van der Waals surface area contributed by atoms with Crippen molar-refractivity contribution in [2.24, 2.45) is 7.05 Å². The number of aryl methyl sites for hydroxylation is 3. The van der Waals surface area contributed by atoms with Gasteiger partial charge in [-0.25, -0.2) is 0 Å². The highest BCUT2D eigenvalue weighted by Gasteiger charge is 2.10. The second-order valence-electron chi connectivity index (χ2n) is 6.93. The monoisotopic (exact) mass is 344 g/mol. The van der Waals surface area contributed by atoms with Gasteiger partial charge in [0.05, 0.1) is 6.61 Å². The number of nitrogens with zero attached hydrogens (tertiary/aromatic N) is 1. The minimum absolute atomic E-state index is 0.0142. The summed E-state index contributed by atoms with van der Waals surface area (Å²) >= 11 is 0.